The lowest BCUT2D eigenvalue weighted by Gasteiger charge is -2.23. The van der Waals surface area contributed by atoms with Crippen molar-refractivity contribution >= 4 is 11.9 Å². The van der Waals surface area contributed by atoms with E-state index in [4.69, 9.17) is 4.74 Å². The maximum Gasteiger partial charge on any atom is 0.303 e. The van der Waals surface area contributed by atoms with Gasteiger partial charge in [-0.05, 0) is 78.6 Å². The number of carbonyl (C=O) groups is 2. The predicted octanol–water partition coefficient (Wildman–Crippen LogP) is 6.56. The highest BCUT2D eigenvalue weighted by molar-refractivity contribution is 5.96. The first-order valence-corrected chi connectivity index (χ1v) is 12.2. The van der Waals surface area contributed by atoms with Gasteiger partial charge >= 0.3 is 5.97 Å². The van der Waals surface area contributed by atoms with Crippen LogP contribution in [0.1, 0.15) is 70.9 Å². The first kappa shape index (κ1) is 26.9. The average Bonchev–Trinajstić information content (AvgIpc) is 2.83. The minimum absolute atomic E-state index is 0.0775. The van der Waals surface area contributed by atoms with E-state index >= 15 is 0 Å². The van der Waals surface area contributed by atoms with Crippen LogP contribution in [0.2, 0.25) is 0 Å². The van der Waals surface area contributed by atoms with E-state index in [-0.39, 0.29) is 37.2 Å². The van der Waals surface area contributed by atoms with Crippen LogP contribution in [0.3, 0.4) is 0 Å². The standard InChI is InChI=1S/C30H34FNO4/c1-19(2)15-27(24-11-13-26(31)21(4)16-24)32-30(35)25-17-22(9-10-23(25)12-14-29(33)34)18-36-28-8-6-5-7-20(28)3/h5-11,13,16-17,19,27H,12,14-15,18H2,1-4H3,(H,32,35)(H,33,34). The van der Waals surface area contributed by atoms with E-state index in [0.717, 1.165) is 22.4 Å². The zero-order chi connectivity index (χ0) is 26.2. The molecule has 0 aliphatic rings. The topological polar surface area (TPSA) is 75.6 Å². The fraction of sp³-hybridized carbons (Fsp3) is 0.333. The Hall–Kier alpha value is -3.67. The van der Waals surface area contributed by atoms with Crippen molar-refractivity contribution in [1.82, 2.24) is 5.32 Å². The molecule has 1 amide bonds. The van der Waals surface area contributed by atoms with E-state index in [1.807, 2.05) is 37.3 Å². The second-order valence-electron chi connectivity index (χ2n) is 9.60. The van der Waals surface area contributed by atoms with Crippen LogP contribution in [-0.2, 0) is 17.8 Å². The van der Waals surface area contributed by atoms with Crippen LogP contribution in [0.15, 0.2) is 60.7 Å². The van der Waals surface area contributed by atoms with Crippen LogP contribution < -0.4 is 10.1 Å². The van der Waals surface area contributed by atoms with Gasteiger partial charge in [-0.1, -0.05) is 56.3 Å². The number of ether oxygens (including phenoxy) is 1. The highest BCUT2D eigenvalue weighted by Crippen LogP contribution is 2.25. The molecule has 0 aliphatic heterocycles. The molecule has 0 aliphatic carbocycles. The first-order chi connectivity index (χ1) is 17.1. The Bertz CT molecular complexity index is 1220. The number of carboxylic acid groups (broad SMARTS) is 1. The van der Waals surface area contributed by atoms with Gasteiger partial charge in [-0.25, -0.2) is 4.39 Å². The summed E-state index contributed by atoms with van der Waals surface area (Å²) in [4.78, 5) is 24.7. The van der Waals surface area contributed by atoms with Crippen molar-refractivity contribution in [3.63, 3.8) is 0 Å². The molecule has 0 fully saturated rings. The molecule has 6 heteroatoms. The van der Waals surface area contributed by atoms with Crippen molar-refractivity contribution in [2.75, 3.05) is 0 Å². The molecule has 0 radical (unpaired) electrons. The highest BCUT2D eigenvalue weighted by atomic mass is 19.1. The molecular formula is C30H34FNO4. The Balaban J connectivity index is 1.88. The zero-order valence-corrected chi connectivity index (χ0v) is 21.3. The number of hydrogen-bond acceptors (Lipinski definition) is 3. The van der Waals surface area contributed by atoms with Gasteiger partial charge in [0.1, 0.15) is 18.2 Å². The van der Waals surface area contributed by atoms with E-state index in [2.05, 4.69) is 19.2 Å². The number of aryl methyl sites for hydroxylation is 3. The van der Waals surface area contributed by atoms with Crippen LogP contribution in [0.5, 0.6) is 5.75 Å². The van der Waals surface area contributed by atoms with Gasteiger partial charge in [0.15, 0.2) is 0 Å². The van der Waals surface area contributed by atoms with Crippen LogP contribution in [0.25, 0.3) is 0 Å². The Morgan fingerprint density at radius 1 is 1.00 bits per heavy atom. The van der Waals surface area contributed by atoms with Crippen molar-refractivity contribution < 1.29 is 23.8 Å². The maximum absolute atomic E-state index is 13.9. The van der Waals surface area contributed by atoms with Gasteiger partial charge in [0.05, 0.1) is 6.04 Å². The summed E-state index contributed by atoms with van der Waals surface area (Å²) >= 11 is 0. The van der Waals surface area contributed by atoms with Gasteiger partial charge < -0.3 is 15.2 Å². The smallest absolute Gasteiger partial charge is 0.303 e. The van der Waals surface area contributed by atoms with Gasteiger partial charge in [-0.3, -0.25) is 9.59 Å². The molecule has 36 heavy (non-hydrogen) atoms. The molecule has 0 saturated heterocycles. The van der Waals surface area contributed by atoms with Crippen molar-refractivity contribution in [2.24, 2.45) is 5.92 Å². The summed E-state index contributed by atoms with van der Waals surface area (Å²) in [6.07, 6.45) is 0.838. The third-order valence-corrected chi connectivity index (χ3v) is 6.11. The summed E-state index contributed by atoms with van der Waals surface area (Å²) in [5.41, 5.74) is 4.26. The fourth-order valence-corrected chi connectivity index (χ4v) is 4.13. The SMILES string of the molecule is Cc1cc(C(CC(C)C)NC(=O)c2cc(COc3ccccc3C)ccc2CCC(=O)O)ccc1F. The van der Waals surface area contributed by atoms with Crippen LogP contribution in [0, 0.1) is 25.6 Å². The summed E-state index contributed by atoms with van der Waals surface area (Å²) < 4.78 is 19.8. The Kier molecular flexibility index (Phi) is 9.23. The Labute approximate surface area is 212 Å². The average molecular weight is 492 g/mol. The lowest BCUT2D eigenvalue weighted by Crippen LogP contribution is -2.30. The number of hydrogen-bond donors (Lipinski definition) is 2. The third kappa shape index (κ3) is 7.41. The first-order valence-electron chi connectivity index (χ1n) is 12.2. The normalized spacial score (nSPS) is 11.8. The van der Waals surface area contributed by atoms with Gasteiger partial charge in [0.2, 0.25) is 0 Å². The molecule has 190 valence electrons. The number of aliphatic carboxylic acids is 1. The van der Waals surface area contributed by atoms with Crippen LogP contribution >= 0.6 is 0 Å². The summed E-state index contributed by atoms with van der Waals surface area (Å²) in [7, 11) is 0. The molecule has 0 saturated carbocycles. The monoisotopic (exact) mass is 491 g/mol. The molecule has 1 atom stereocenters. The molecule has 3 rings (SSSR count). The summed E-state index contributed by atoms with van der Waals surface area (Å²) in [5.74, 6) is -0.442. The summed E-state index contributed by atoms with van der Waals surface area (Å²) in [5, 5.41) is 12.3. The molecule has 3 aromatic carbocycles. The van der Waals surface area contributed by atoms with E-state index < -0.39 is 5.97 Å². The van der Waals surface area contributed by atoms with Crippen molar-refractivity contribution in [3.8, 4) is 5.75 Å². The van der Waals surface area contributed by atoms with E-state index in [1.165, 1.54) is 6.07 Å². The Morgan fingerprint density at radius 2 is 1.75 bits per heavy atom. The largest absolute Gasteiger partial charge is 0.489 e. The molecule has 0 spiro atoms. The maximum atomic E-state index is 13.9. The molecule has 5 nitrogen and oxygen atoms in total. The number of para-hydroxylation sites is 1. The fourth-order valence-electron chi connectivity index (χ4n) is 4.13. The molecule has 3 aromatic rings. The summed E-state index contributed by atoms with van der Waals surface area (Å²) in [6, 6.07) is 17.7. The number of carboxylic acids is 1. The highest BCUT2D eigenvalue weighted by Gasteiger charge is 2.21. The van der Waals surface area contributed by atoms with E-state index in [1.54, 1.807) is 31.2 Å². The van der Waals surface area contributed by atoms with Gasteiger partial charge in [0.25, 0.3) is 5.91 Å². The third-order valence-electron chi connectivity index (χ3n) is 6.11. The van der Waals surface area contributed by atoms with E-state index in [9.17, 15) is 19.1 Å². The van der Waals surface area contributed by atoms with Crippen LogP contribution in [0.4, 0.5) is 4.39 Å². The molecule has 0 bridgehead atoms. The van der Waals surface area contributed by atoms with Gasteiger partial charge in [-0.15, -0.1) is 0 Å². The summed E-state index contributed by atoms with van der Waals surface area (Å²) in [6.45, 7) is 8.08. The predicted molar refractivity (Wildman–Crippen MR) is 139 cm³/mol. The molecule has 1 unspecified atom stereocenters. The van der Waals surface area contributed by atoms with Crippen molar-refractivity contribution in [2.45, 2.75) is 59.6 Å². The number of benzene rings is 3. The zero-order valence-electron chi connectivity index (χ0n) is 21.3. The lowest BCUT2D eigenvalue weighted by molar-refractivity contribution is -0.136. The van der Waals surface area contributed by atoms with Gasteiger partial charge in [0, 0.05) is 12.0 Å². The van der Waals surface area contributed by atoms with Crippen LogP contribution in [-0.4, -0.2) is 17.0 Å². The molecular weight excluding hydrogens is 457 g/mol. The van der Waals surface area contributed by atoms with Gasteiger partial charge in [-0.2, -0.15) is 0 Å². The molecule has 2 N–H and O–H groups in total. The van der Waals surface area contributed by atoms with E-state index in [0.29, 0.717) is 29.0 Å². The van der Waals surface area contributed by atoms with Crippen molar-refractivity contribution in [1.29, 1.82) is 0 Å². The molecule has 0 heterocycles. The number of nitrogens with one attached hydrogen (secondary N) is 1. The second kappa shape index (κ2) is 12.3. The molecule has 0 aromatic heterocycles. The quantitative estimate of drug-likeness (QED) is 0.319. The minimum Gasteiger partial charge on any atom is -0.489 e. The lowest BCUT2D eigenvalue weighted by atomic mass is 9.94. The Morgan fingerprint density at radius 3 is 2.42 bits per heavy atom. The number of carbonyl (C=O) groups excluding carboxylic acids is 1. The number of halogens is 1. The van der Waals surface area contributed by atoms with Crippen molar-refractivity contribution in [3.05, 3.63) is 99.9 Å². The second-order valence-corrected chi connectivity index (χ2v) is 9.60. The number of rotatable bonds is 11. The number of amides is 1. The minimum atomic E-state index is -0.923.